The molecule has 0 saturated carbocycles. The van der Waals surface area contributed by atoms with E-state index >= 15 is 0 Å². The number of aromatic nitrogens is 1. The number of benzene rings is 1. The number of aliphatic imine (C=N–C) groups is 1. The first-order chi connectivity index (χ1) is 15.1. The smallest absolute Gasteiger partial charge is 0.218 e. The van der Waals surface area contributed by atoms with Gasteiger partial charge in [-0.1, -0.05) is 18.2 Å². The van der Waals surface area contributed by atoms with Gasteiger partial charge in [-0.25, -0.2) is 14.4 Å². The SMILES string of the molecule is CCNC(=NCc1cccnc1OCCOC)N1CC(C)OC(c2ccc(F)cc2)C1. The summed E-state index contributed by atoms with van der Waals surface area (Å²) in [6.07, 6.45) is 1.57. The number of guanidine groups is 1. The molecule has 31 heavy (non-hydrogen) atoms. The summed E-state index contributed by atoms with van der Waals surface area (Å²) in [5.41, 5.74) is 1.86. The van der Waals surface area contributed by atoms with Crippen LogP contribution < -0.4 is 10.1 Å². The van der Waals surface area contributed by atoms with E-state index in [9.17, 15) is 4.39 Å². The summed E-state index contributed by atoms with van der Waals surface area (Å²) in [6.45, 7) is 7.54. The van der Waals surface area contributed by atoms with Crippen molar-refractivity contribution < 1.29 is 18.6 Å². The fourth-order valence-electron chi connectivity index (χ4n) is 3.47. The average Bonchev–Trinajstić information content (AvgIpc) is 2.77. The highest BCUT2D eigenvalue weighted by Gasteiger charge is 2.28. The lowest BCUT2D eigenvalue weighted by Crippen LogP contribution is -2.50. The van der Waals surface area contributed by atoms with Crippen molar-refractivity contribution in [3.63, 3.8) is 0 Å². The van der Waals surface area contributed by atoms with Crippen molar-refractivity contribution in [3.8, 4) is 5.88 Å². The molecule has 8 heteroatoms. The number of pyridine rings is 1. The van der Waals surface area contributed by atoms with Crippen LogP contribution in [0.3, 0.4) is 0 Å². The molecule has 7 nitrogen and oxygen atoms in total. The van der Waals surface area contributed by atoms with Crippen LogP contribution >= 0.6 is 0 Å². The molecule has 1 N–H and O–H groups in total. The molecule has 0 bridgehead atoms. The minimum atomic E-state index is -0.251. The van der Waals surface area contributed by atoms with Crippen LogP contribution in [-0.4, -0.2) is 61.9 Å². The average molecular weight is 431 g/mol. The fraction of sp³-hybridized carbons (Fsp3) is 0.478. The number of morpholine rings is 1. The normalized spacial score (nSPS) is 19.4. The standard InChI is InChI=1S/C23H31FN4O3/c1-4-25-23(27-14-19-6-5-11-26-22(19)30-13-12-29-3)28-15-17(2)31-21(16-28)18-7-9-20(24)10-8-18/h5-11,17,21H,4,12-16H2,1-3H3,(H,25,27). The Kier molecular flexibility index (Phi) is 8.61. The van der Waals surface area contributed by atoms with Gasteiger partial charge in [-0.05, 0) is 37.6 Å². The maximum Gasteiger partial charge on any atom is 0.218 e. The van der Waals surface area contributed by atoms with Crippen molar-refractivity contribution in [2.75, 3.05) is 40.0 Å². The minimum Gasteiger partial charge on any atom is -0.475 e. The highest BCUT2D eigenvalue weighted by Crippen LogP contribution is 2.26. The number of methoxy groups -OCH3 is 1. The number of nitrogens with zero attached hydrogens (tertiary/aromatic N) is 3. The molecule has 1 aromatic carbocycles. The number of nitrogens with one attached hydrogen (secondary N) is 1. The van der Waals surface area contributed by atoms with Crippen LogP contribution in [0.1, 0.15) is 31.1 Å². The number of rotatable bonds is 8. The molecule has 0 aliphatic carbocycles. The van der Waals surface area contributed by atoms with E-state index in [0.29, 0.717) is 38.7 Å². The van der Waals surface area contributed by atoms with Crippen molar-refractivity contribution in [1.82, 2.24) is 15.2 Å². The largest absolute Gasteiger partial charge is 0.475 e. The van der Waals surface area contributed by atoms with E-state index < -0.39 is 0 Å². The Morgan fingerprint density at radius 2 is 2.06 bits per heavy atom. The van der Waals surface area contributed by atoms with Crippen LogP contribution in [0.2, 0.25) is 0 Å². The van der Waals surface area contributed by atoms with Crippen molar-refractivity contribution in [3.05, 3.63) is 59.5 Å². The quantitative estimate of drug-likeness (QED) is 0.394. The molecule has 2 atom stereocenters. The Balaban J connectivity index is 1.74. The third kappa shape index (κ3) is 6.63. The first-order valence-electron chi connectivity index (χ1n) is 10.6. The van der Waals surface area contributed by atoms with Crippen molar-refractivity contribution in [1.29, 1.82) is 0 Å². The summed E-state index contributed by atoms with van der Waals surface area (Å²) < 4.78 is 30.2. The molecule has 168 valence electrons. The third-order valence-electron chi connectivity index (χ3n) is 4.91. The van der Waals surface area contributed by atoms with Gasteiger partial charge in [-0.2, -0.15) is 0 Å². The molecule has 1 aliphatic rings. The summed E-state index contributed by atoms with van der Waals surface area (Å²) in [4.78, 5) is 11.4. The molecule has 0 amide bonds. The highest BCUT2D eigenvalue weighted by atomic mass is 19.1. The van der Waals surface area contributed by atoms with Gasteiger partial charge in [0.2, 0.25) is 5.88 Å². The number of hydrogen-bond donors (Lipinski definition) is 1. The number of ether oxygens (including phenoxy) is 3. The van der Waals surface area contributed by atoms with E-state index in [1.165, 1.54) is 12.1 Å². The van der Waals surface area contributed by atoms with Crippen LogP contribution in [0, 0.1) is 5.82 Å². The molecule has 3 rings (SSSR count). The van der Waals surface area contributed by atoms with Crippen LogP contribution in [0.15, 0.2) is 47.6 Å². The predicted molar refractivity (Wildman–Crippen MR) is 118 cm³/mol. The highest BCUT2D eigenvalue weighted by molar-refractivity contribution is 5.80. The topological polar surface area (TPSA) is 68.2 Å². The lowest BCUT2D eigenvalue weighted by Gasteiger charge is -2.38. The van der Waals surface area contributed by atoms with E-state index in [0.717, 1.165) is 23.6 Å². The molecule has 1 aliphatic heterocycles. The lowest BCUT2D eigenvalue weighted by atomic mass is 10.1. The van der Waals surface area contributed by atoms with Crippen molar-refractivity contribution in [2.45, 2.75) is 32.6 Å². The Morgan fingerprint density at radius 1 is 1.26 bits per heavy atom. The molecule has 2 aromatic rings. The molecule has 1 saturated heterocycles. The van der Waals surface area contributed by atoms with Crippen LogP contribution in [0.4, 0.5) is 4.39 Å². The molecule has 0 radical (unpaired) electrons. The van der Waals surface area contributed by atoms with Gasteiger partial charge in [0.25, 0.3) is 0 Å². The molecule has 0 spiro atoms. The van der Waals surface area contributed by atoms with Gasteiger partial charge < -0.3 is 24.4 Å². The van der Waals surface area contributed by atoms with E-state index in [-0.39, 0.29) is 18.0 Å². The second-order valence-corrected chi connectivity index (χ2v) is 7.37. The monoisotopic (exact) mass is 430 g/mol. The minimum absolute atomic E-state index is 0.0130. The summed E-state index contributed by atoms with van der Waals surface area (Å²) >= 11 is 0. The van der Waals surface area contributed by atoms with Crippen molar-refractivity contribution in [2.24, 2.45) is 4.99 Å². The van der Waals surface area contributed by atoms with Gasteiger partial charge >= 0.3 is 0 Å². The molecule has 1 aromatic heterocycles. The first kappa shape index (κ1) is 23.0. The number of halogens is 1. The van der Waals surface area contributed by atoms with E-state index in [1.807, 2.05) is 26.0 Å². The zero-order chi connectivity index (χ0) is 22.1. The van der Waals surface area contributed by atoms with Gasteiger partial charge in [0.05, 0.1) is 25.8 Å². The van der Waals surface area contributed by atoms with Gasteiger partial charge in [0, 0.05) is 32.0 Å². The van der Waals surface area contributed by atoms with Crippen molar-refractivity contribution >= 4 is 5.96 Å². The van der Waals surface area contributed by atoms with Crippen LogP contribution in [0.25, 0.3) is 0 Å². The zero-order valence-corrected chi connectivity index (χ0v) is 18.4. The molecular weight excluding hydrogens is 399 g/mol. The van der Waals surface area contributed by atoms with E-state index in [1.54, 1.807) is 25.4 Å². The van der Waals surface area contributed by atoms with E-state index in [4.69, 9.17) is 19.2 Å². The summed E-state index contributed by atoms with van der Waals surface area (Å²) in [7, 11) is 1.64. The van der Waals surface area contributed by atoms with Gasteiger partial charge in [-0.15, -0.1) is 0 Å². The van der Waals surface area contributed by atoms with Gasteiger partial charge in [0.1, 0.15) is 18.5 Å². The maximum atomic E-state index is 13.3. The summed E-state index contributed by atoms with van der Waals surface area (Å²) in [5.74, 6) is 1.12. The Bertz CT molecular complexity index is 847. The Labute approximate surface area is 183 Å². The zero-order valence-electron chi connectivity index (χ0n) is 18.4. The van der Waals surface area contributed by atoms with Crippen LogP contribution in [0.5, 0.6) is 5.88 Å². The Morgan fingerprint density at radius 3 is 2.81 bits per heavy atom. The number of hydrogen-bond acceptors (Lipinski definition) is 5. The van der Waals surface area contributed by atoms with E-state index in [2.05, 4.69) is 15.2 Å². The molecule has 2 unspecified atom stereocenters. The van der Waals surface area contributed by atoms with Gasteiger partial charge in [0.15, 0.2) is 5.96 Å². The fourth-order valence-corrected chi connectivity index (χ4v) is 3.47. The maximum absolute atomic E-state index is 13.3. The Hall–Kier alpha value is -2.71. The van der Waals surface area contributed by atoms with Gasteiger partial charge in [-0.3, -0.25) is 0 Å². The second kappa shape index (κ2) is 11.6. The third-order valence-corrected chi connectivity index (χ3v) is 4.91. The molecule has 2 heterocycles. The summed E-state index contributed by atoms with van der Waals surface area (Å²) in [5, 5.41) is 3.38. The molecular formula is C23H31FN4O3. The predicted octanol–water partition coefficient (Wildman–Crippen LogP) is 3.17. The lowest BCUT2D eigenvalue weighted by molar-refractivity contribution is -0.0605. The summed E-state index contributed by atoms with van der Waals surface area (Å²) in [6, 6.07) is 10.3. The first-order valence-corrected chi connectivity index (χ1v) is 10.6. The second-order valence-electron chi connectivity index (χ2n) is 7.37. The van der Waals surface area contributed by atoms with Crippen LogP contribution in [-0.2, 0) is 16.0 Å². The molecule has 1 fully saturated rings.